The average Bonchev–Trinajstić information content (AvgIpc) is 2.48. The molecule has 0 bridgehead atoms. The van der Waals surface area contributed by atoms with Crippen molar-refractivity contribution in [2.75, 3.05) is 0 Å². The number of aromatic nitrogens is 2. The quantitative estimate of drug-likeness (QED) is 0.797. The normalized spacial score (nSPS) is 13.1. The molecule has 1 aromatic heterocycles. The Balaban J connectivity index is 2.49. The second kappa shape index (κ2) is 7.01. The molecule has 1 unspecified atom stereocenters. The lowest BCUT2D eigenvalue weighted by atomic mass is 10.1. The number of benzene rings is 1. The zero-order chi connectivity index (χ0) is 18.1. The first-order valence-electron chi connectivity index (χ1n) is 6.40. The van der Waals surface area contributed by atoms with Crippen LogP contribution >= 0.6 is 11.6 Å². The zero-order valence-corrected chi connectivity index (χ0v) is 13.7. The minimum atomic E-state index is -4.67. The second-order valence-corrected chi connectivity index (χ2v) is 5.94. The molecule has 0 fully saturated rings. The predicted octanol–water partition coefficient (Wildman–Crippen LogP) is 2.44. The van der Waals surface area contributed by atoms with Gasteiger partial charge in [-0.2, -0.15) is 23.0 Å². The molecule has 1 heterocycles. The molecule has 24 heavy (non-hydrogen) atoms. The molecule has 0 saturated carbocycles. The Hall–Kier alpha value is -1.75. The molecule has 0 aliphatic carbocycles. The maximum Gasteiger partial charge on any atom is 0.418 e. The van der Waals surface area contributed by atoms with Gasteiger partial charge in [0.05, 0.1) is 17.4 Å². The molecule has 0 aliphatic heterocycles. The fraction of sp³-hybridized carbons (Fsp3) is 0.231. The molecule has 11 heteroatoms. The van der Waals surface area contributed by atoms with Crippen molar-refractivity contribution in [1.82, 2.24) is 14.5 Å². The van der Waals surface area contributed by atoms with Crippen LogP contribution in [0.1, 0.15) is 16.7 Å². The van der Waals surface area contributed by atoms with Crippen molar-refractivity contribution in [2.45, 2.75) is 19.6 Å². The summed E-state index contributed by atoms with van der Waals surface area (Å²) >= 11 is 3.68. The van der Waals surface area contributed by atoms with Crippen molar-refractivity contribution in [3.05, 3.63) is 56.5 Å². The smallest absolute Gasteiger partial charge is 0.294 e. The van der Waals surface area contributed by atoms with Crippen molar-refractivity contribution in [1.29, 1.82) is 0 Å². The molecule has 1 aromatic carbocycles. The van der Waals surface area contributed by atoms with Crippen molar-refractivity contribution in [3.63, 3.8) is 0 Å². The van der Waals surface area contributed by atoms with Crippen molar-refractivity contribution < 1.29 is 21.9 Å². The average molecular weight is 382 g/mol. The van der Waals surface area contributed by atoms with E-state index in [9.17, 15) is 22.2 Å². The first kappa shape index (κ1) is 18.6. The fourth-order valence-corrected chi connectivity index (χ4v) is 2.44. The van der Waals surface area contributed by atoms with Gasteiger partial charge in [-0.3, -0.25) is 9.35 Å². The van der Waals surface area contributed by atoms with Gasteiger partial charge in [-0.05, 0) is 30.7 Å². The Morgan fingerprint density at radius 3 is 2.67 bits per heavy atom. The molecule has 0 spiro atoms. The molecular weight excluding hydrogens is 371 g/mol. The maximum atomic E-state index is 12.8. The summed E-state index contributed by atoms with van der Waals surface area (Å²) < 4.78 is 60.8. The molecule has 2 N–H and O–H groups in total. The number of halogens is 4. The Labute approximate surface area is 141 Å². The SMILES string of the molecule is Cc1c(C(F)(F)F)cnn(-c2ccc(Cl)c(CNS(=O)O)c2)c1=O. The highest BCUT2D eigenvalue weighted by molar-refractivity contribution is 7.77. The van der Waals surface area contributed by atoms with E-state index in [1.165, 1.54) is 18.2 Å². The summed E-state index contributed by atoms with van der Waals surface area (Å²) in [5, 5.41) is 3.81. The van der Waals surface area contributed by atoms with E-state index in [1.807, 2.05) is 0 Å². The van der Waals surface area contributed by atoms with E-state index in [0.717, 1.165) is 11.6 Å². The molecule has 0 amide bonds. The molecule has 0 aliphatic rings. The molecule has 2 aromatic rings. The number of nitrogens with zero attached hydrogens (tertiary/aromatic N) is 2. The van der Waals surface area contributed by atoms with E-state index in [2.05, 4.69) is 9.82 Å². The van der Waals surface area contributed by atoms with Gasteiger partial charge >= 0.3 is 6.18 Å². The Bertz CT molecular complexity index is 855. The molecule has 2 rings (SSSR count). The van der Waals surface area contributed by atoms with Crippen LogP contribution in [0.2, 0.25) is 5.02 Å². The standard InChI is InChI=1S/C13H11ClF3N3O3S/c1-7-10(13(15,16)17)6-18-20(12(7)21)9-2-3-11(14)8(4-9)5-19-24(22)23/h2-4,6,19H,5H2,1H3,(H,22,23). The third kappa shape index (κ3) is 4.01. The van der Waals surface area contributed by atoms with Crippen LogP contribution in [0.3, 0.4) is 0 Å². The van der Waals surface area contributed by atoms with E-state index in [-0.39, 0.29) is 17.3 Å². The number of alkyl halides is 3. The summed E-state index contributed by atoms with van der Waals surface area (Å²) in [6.45, 7) is 0.987. The highest BCUT2D eigenvalue weighted by Crippen LogP contribution is 2.30. The van der Waals surface area contributed by atoms with E-state index >= 15 is 0 Å². The lowest BCUT2D eigenvalue weighted by molar-refractivity contribution is -0.138. The van der Waals surface area contributed by atoms with Gasteiger partial charge in [0.15, 0.2) is 0 Å². The van der Waals surface area contributed by atoms with Crippen LogP contribution in [0.25, 0.3) is 5.69 Å². The molecular formula is C13H11ClF3N3O3S. The van der Waals surface area contributed by atoms with Gasteiger partial charge in [-0.15, -0.1) is 0 Å². The van der Waals surface area contributed by atoms with Crippen LogP contribution < -0.4 is 10.3 Å². The van der Waals surface area contributed by atoms with E-state index in [1.54, 1.807) is 0 Å². The first-order chi connectivity index (χ1) is 11.1. The van der Waals surface area contributed by atoms with Gasteiger partial charge in [-0.1, -0.05) is 11.6 Å². The van der Waals surface area contributed by atoms with Crippen LogP contribution in [0.4, 0.5) is 13.2 Å². The molecule has 0 radical (unpaired) electrons. The number of hydrogen-bond acceptors (Lipinski definition) is 3. The van der Waals surface area contributed by atoms with Gasteiger partial charge in [0.1, 0.15) is 0 Å². The first-order valence-corrected chi connectivity index (χ1v) is 7.89. The minimum Gasteiger partial charge on any atom is -0.294 e. The number of nitrogens with one attached hydrogen (secondary N) is 1. The van der Waals surface area contributed by atoms with Crippen molar-refractivity contribution in [3.8, 4) is 5.69 Å². The molecule has 1 atom stereocenters. The summed E-state index contributed by atoms with van der Waals surface area (Å²) in [4.78, 5) is 12.2. The Morgan fingerprint density at radius 2 is 2.08 bits per heavy atom. The zero-order valence-electron chi connectivity index (χ0n) is 12.1. The molecule has 0 saturated heterocycles. The van der Waals surface area contributed by atoms with Gasteiger partial charge in [-0.25, -0.2) is 8.93 Å². The van der Waals surface area contributed by atoms with Crippen molar-refractivity contribution in [2.24, 2.45) is 0 Å². The van der Waals surface area contributed by atoms with E-state index < -0.39 is 34.1 Å². The van der Waals surface area contributed by atoms with Crippen LogP contribution in [-0.2, 0) is 24.0 Å². The highest BCUT2D eigenvalue weighted by atomic mass is 35.5. The van der Waals surface area contributed by atoms with Crippen molar-refractivity contribution >= 4 is 22.9 Å². The summed E-state index contributed by atoms with van der Waals surface area (Å²) in [5.74, 6) is 0. The van der Waals surface area contributed by atoms with Crippen LogP contribution in [0.5, 0.6) is 0 Å². The molecule has 6 nitrogen and oxygen atoms in total. The summed E-state index contributed by atoms with van der Waals surface area (Å²) in [6.07, 6.45) is -4.10. The van der Waals surface area contributed by atoms with E-state index in [0.29, 0.717) is 11.8 Å². The van der Waals surface area contributed by atoms with Gasteiger partial charge in [0.25, 0.3) is 5.56 Å². The monoisotopic (exact) mass is 381 g/mol. The lowest BCUT2D eigenvalue weighted by Crippen LogP contribution is -2.27. The third-order valence-electron chi connectivity index (χ3n) is 3.18. The largest absolute Gasteiger partial charge is 0.418 e. The third-order valence-corrected chi connectivity index (χ3v) is 3.94. The summed E-state index contributed by atoms with van der Waals surface area (Å²) in [7, 11) is 0. The second-order valence-electron chi connectivity index (χ2n) is 4.74. The highest BCUT2D eigenvalue weighted by Gasteiger charge is 2.34. The lowest BCUT2D eigenvalue weighted by Gasteiger charge is -2.13. The van der Waals surface area contributed by atoms with Crippen LogP contribution in [-0.4, -0.2) is 18.5 Å². The van der Waals surface area contributed by atoms with Gasteiger partial charge in [0.2, 0.25) is 11.3 Å². The number of hydrogen-bond donors (Lipinski definition) is 2. The fourth-order valence-electron chi connectivity index (χ4n) is 1.98. The number of rotatable bonds is 4. The maximum absolute atomic E-state index is 12.8. The topological polar surface area (TPSA) is 84.2 Å². The summed E-state index contributed by atoms with van der Waals surface area (Å²) in [5.41, 5.74) is -1.94. The summed E-state index contributed by atoms with van der Waals surface area (Å²) in [6, 6.07) is 4.21. The van der Waals surface area contributed by atoms with Gasteiger partial charge in [0, 0.05) is 17.1 Å². The van der Waals surface area contributed by atoms with Crippen LogP contribution in [0.15, 0.2) is 29.2 Å². The van der Waals surface area contributed by atoms with E-state index in [4.69, 9.17) is 16.2 Å². The van der Waals surface area contributed by atoms with Crippen LogP contribution in [0, 0.1) is 6.92 Å². The molecule has 130 valence electrons. The minimum absolute atomic E-state index is 0.0792. The Morgan fingerprint density at radius 1 is 1.42 bits per heavy atom. The predicted molar refractivity (Wildman–Crippen MR) is 82.2 cm³/mol. The Kier molecular flexibility index (Phi) is 5.43. The van der Waals surface area contributed by atoms with Gasteiger partial charge < -0.3 is 0 Å².